The molecule has 3 N–H and O–H groups in total. The summed E-state index contributed by atoms with van der Waals surface area (Å²) in [4.78, 5) is 8.27. The number of nitrogen functional groups attached to an aromatic ring is 1. The number of ether oxygens (including phenoxy) is 1. The Balaban J connectivity index is 0.00000126. The van der Waals surface area contributed by atoms with E-state index in [-0.39, 0.29) is 5.95 Å². The molecule has 3 aromatic rings. The molecule has 0 fully saturated rings. The van der Waals surface area contributed by atoms with Gasteiger partial charge >= 0.3 is 0 Å². The maximum absolute atomic E-state index is 8.83. The number of nitriles is 1. The molecule has 0 atom stereocenters. The molecule has 0 saturated carbocycles. The van der Waals surface area contributed by atoms with E-state index in [0.29, 0.717) is 23.0 Å². The summed E-state index contributed by atoms with van der Waals surface area (Å²) in [5.41, 5.74) is 9.65. The average molecular weight is 361 g/mol. The SMILES string of the molecule is CC.Cc1ccc(Nc2cc(Oc3ccc(C#N)cc3)nc(N)n2)cc1C. The molecular weight excluding hydrogens is 338 g/mol. The van der Waals surface area contributed by atoms with Crippen LogP contribution in [0.1, 0.15) is 30.5 Å². The Morgan fingerprint density at radius 3 is 2.30 bits per heavy atom. The van der Waals surface area contributed by atoms with Crippen LogP contribution in [0.4, 0.5) is 17.5 Å². The van der Waals surface area contributed by atoms with Crippen molar-refractivity contribution in [2.45, 2.75) is 27.7 Å². The Bertz CT molecular complexity index is 946. The fourth-order valence-corrected chi connectivity index (χ4v) is 2.24. The minimum Gasteiger partial charge on any atom is -0.439 e. The van der Waals surface area contributed by atoms with Crippen molar-refractivity contribution in [2.24, 2.45) is 0 Å². The van der Waals surface area contributed by atoms with Gasteiger partial charge in [0.1, 0.15) is 11.6 Å². The number of rotatable bonds is 4. The van der Waals surface area contributed by atoms with Crippen LogP contribution in [0.3, 0.4) is 0 Å². The fraction of sp³-hybridized carbons (Fsp3) is 0.190. The minimum atomic E-state index is 0.109. The van der Waals surface area contributed by atoms with Gasteiger partial charge in [-0.3, -0.25) is 0 Å². The summed E-state index contributed by atoms with van der Waals surface area (Å²) in [5.74, 6) is 1.54. The van der Waals surface area contributed by atoms with E-state index < -0.39 is 0 Å². The van der Waals surface area contributed by atoms with E-state index >= 15 is 0 Å². The molecule has 0 aliphatic carbocycles. The van der Waals surface area contributed by atoms with Gasteiger partial charge < -0.3 is 15.8 Å². The van der Waals surface area contributed by atoms with Crippen molar-refractivity contribution in [1.29, 1.82) is 5.26 Å². The molecule has 1 aromatic heterocycles. The minimum absolute atomic E-state index is 0.109. The van der Waals surface area contributed by atoms with Gasteiger partial charge in [-0.05, 0) is 61.4 Å². The second-order valence-electron chi connectivity index (χ2n) is 5.61. The standard InChI is InChI=1S/C19H17N5O.C2H6/c1-12-3-6-15(9-13(12)2)22-17-10-18(24-19(21)23-17)25-16-7-4-14(11-20)5-8-16;1-2/h3-10H,1-2H3,(H3,21,22,23,24);1-2H3. The predicted molar refractivity (Wildman–Crippen MR) is 108 cm³/mol. The molecule has 0 amide bonds. The third-order valence-electron chi connectivity index (χ3n) is 3.71. The van der Waals surface area contributed by atoms with Crippen LogP contribution in [0.2, 0.25) is 0 Å². The lowest BCUT2D eigenvalue weighted by Crippen LogP contribution is -2.02. The zero-order chi connectivity index (χ0) is 19.8. The molecule has 3 rings (SSSR count). The third-order valence-corrected chi connectivity index (χ3v) is 3.71. The summed E-state index contributed by atoms with van der Waals surface area (Å²) in [6.07, 6.45) is 0. The number of nitrogens with two attached hydrogens (primary N) is 1. The first-order chi connectivity index (χ1) is 13.0. The van der Waals surface area contributed by atoms with Gasteiger partial charge in [0.05, 0.1) is 11.6 Å². The van der Waals surface area contributed by atoms with Crippen molar-refractivity contribution < 1.29 is 4.74 Å². The summed E-state index contributed by atoms with van der Waals surface area (Å²) >= 11 is 0. The number of nitrogens with zero attached hydrogens (tertiary/aromatic N) is 3. The molecule has 6 nitrogen and oxygen atoms in total. The number of nitrogens with one attached hydrogen (secondary N) is 1. The molecule has 0 aliphatic heterocycles. The highest BCUT2D eigenvalue weighted by Gasteiger charge is 2.06. The van der Waals surface area contributed by atoms with Gasteiger partial charge in [-0.15, -0.1) is 0 Å². The van der Waals surface area contributed by atoms with Crippen molar-refractivity contribution in [3.05, 3.63) is 65.2 Å². The zero-order valence-corrected chi connectivity index (χ0v) is 15.9. The van der Waals surface area contributed by atoms with Gasteiger partial charge in [0.15, 0.2) is 0 Å². The number of hydrogen-bond donors (Lipinski definition) is 2. The normalized spacial score (nSPS) is 9.59. The Morgan fingerprint density at radius 1 is 0.963 bits per heavy atom. The van der Waals surface area contributed by atoms with Crippen molar-refractivity contribution in [1.82, 2.24) is 9.97 Å². The maximum atomic E-state index is 8.83. The van der Waals surface area contributed by atoms with Gasteiger partial charge in [-0.2, -0.15) is 15.2 Å². The van der Waals surface area contributed by atoms with Crippen LogP contribution >= 0.6 is 0 Å². The molecule has 0 spiro atoms. The molecule has 0 bridgehead atoms. The van der Waals surface area contributed by atoms with Crippen molar-refractivity contribution in [3.63, 3.8) is 0 Å². The lowest BCUT2D eigenvalue weighted by Gasteiger charge is -2.10. The van der Waals surface area contributed by atoms with Gasteiger partial charge in [0.25, 0.3) is 0 Å². The summed E-state index contributed by atoms with van der Waals surface area (Å²) in [6, 6.07) is 16.5. The van der Waals surface area contributed by atoms with Crippen LogP contribution in [0.5, 0.6) is 11.6 Å². The lowest BCUT2D eigenvalue weighted by molar-refractivity contribution is 0.463. The van der Waals surface area contributed by atoms with Crippen LogP contribution in [0.15, 0.2) is 48.5 Å². The number of aryl methyl sites for hydroxylation is 2. The van der Waals surface area contributed by atoms with Gasteiger partial charge in [0, 0.05) is 11.8 Å². The number of aromatic nitrogens is 2. The van der Waals surface area contributed by atoms with Gasteiger partial charge in [0.2, 0.25) is 11.8 Å². The van der Waals surface area contributed by atoms with Crippen LogP contribution in [-0.4, -0.2) is 9.97 Å². The van der Waals surface area contributed by atoms with E-state index in [4.69, 9.17) is 15.7 Å². The predicted octanol–water partition coefficient (Wildman–Crippen LogP) is 5.11. The smallest absolute Gasteiger partial charge is 0.226 e. The highest BCUT2D eigenvalue weighted by Crippen LogP contribution is 2.25. The van der Waals surface area contributed by atoms with E-state index in [1.807, 2.05) is 39.0 Å². The Labute approximate surface area is 159 Å². The molecule has 27 heavy (non-hydrogen) atoms. The molecule has 6 heteroatoms. The van der Waals surface area contributed by atoms with Crippen LogP contribution < -0.4 is 15.8 Å². The first-order valence-electron chi connectivity index (χ1n) is 8.70. The molecular formula is C21H23N5O. The van der Waals surface area contributed by atoms with E-state index in [1.54, 1.807) is 30.3 Å². The molecule has 0 aliphatic rings. The monoisotopic (exact) mass is 361 g/mol. The Hall–Kier alpha value is -3.59. The summed E-state index contributed by atoms with van der Waals surface area (Å²) in [7, 11) is 0. The van der Waals surface area contributed by atoms with Crippen LogP contribution in [0, 0.1) is 25.2 Å². The third kappa shape index (κ3) is 5.44. The van der Waals surface area contributed by atoms with Crippen molar-refractivity contribution >= 4 is 17.5 Å². The maximum Gasteiger partial charge on any atom is 0.226 e. The lowest BCUT2D eigenvalue weighted by atomic mass is 10.1. The molecule has 0 saturated heterocycles. The van der Waals surface area contributed by atoms with Crippen LogP contribution in [0.25, 0.3) is 0 Å². The van der Waals surface area contributed by atoms with Crippen molar-refractivity contribution in [2.75, 3.05) is 11.1 Å². The van der Waals surface area contributed by atoms with E-state index in [2.05, 4.69) is 28.3 Å². The Kier molecular flexibility index (Phi) is 6.73. The molecule has 2 aromatic carbocycles. The quantitative estimate of drug-likeness (QED) is 0.670. The second kappa shape index (κ2) is 9.20. The largest absolute Gasteiger partial charge is 0.439 e. The van der Waals surface area contributed by atoms with Crippen LogP contribution in [-0.2, 0) is 0 Å². The summed E-state index contributed by atoms with van der Waals surface area (Å²) in [6.45, 7) is 8.11. The molecule has 0 radical (unpaired) electrons. The molecule has 1 heterocycles. The van der Waals surface area contributed by atoms with E-state index in [9.17, 15) is 0 Å². The first kappa shape index (κ1) is 19.7. The second-order valence-corrected chi connectivity index (χ2v) is 5.61. The first-order valence-corrected chi connectivity index (χ1v) is 8.70. The van der Waals surface area contributed by atoms with E-state index in [0.717, 1.165) is 5.69 Å². The van der Waals surface area contributed by atoms with Gasteiger partial charge in [-0.25, -0.2) is 0 Å². The highest BCUT2D eigenvalue weighted by atomic mass is 16.5. The zero-order valence-electron chi connectivity index (χ0n) is 15.9. The van der Waals surface area contributed by atoms with E-state index in [1.165, 1.54) is 11.1 Å². The molecule has 138 valence electrons. The summed E-state index contributed by atoms with van der Waals surface area (Å²) < 4.78 is 5.70. The topological polar surface area (TPSA) is 96.8 Å². The van der Waals surface area contributed by atoms with Crippen molar-refractivity contribution in [3.8, 4) is 17.7 Å². The number of anilines is 3. The number of benzene rings is 2. The summed E-state index contributed by atoms with van der Waals surface area (Å²) in [5, 5.41) is 12.0. The average Bonchev–Trinajstić information content (AvgIpc) is 2.66. The van der Waals surface area contributed by atoms with Gasteiger partial charge in [-0.1, -0.05) is 19.9 Å². The Morgan fingerprint density at radius 2 is 1.67 bits per heavy atom. The fourth-order valence-electron chi connectivity index (χ4n) is 2.24. The highest BCUT2D eigenvalue weighted by molar-refractivity contribution is 5.59. The number of hydrogen-bond acceptors (Lipinski definition) is 6. The molecule has 0 unspecified atom stereocenters.